The molecular formula is C22H15Cl2NO2. The first-order valence-electron chi connectivity index (χ1n) is 8.56. The number of rotatable bonds is 2. The normalized spacial score (nSPS) is 15.1. The first-order valence-corrected chi connectivity index (χ1v) is 9.31. The van der Waals surface area contributed by atoms with E-state index < -0.39 is 0 Å². The average molecular weight is 396 g/mol. The van der Waals surface area contributed by atoms with Gasteiger partial charge in [0.05, 0.1) is 23.9 Å². The number of aromatic nitrogens is 1. The van der Waals surface area contributed by atoms with E-state index in [4.69, 9.17) is 32.7 Å². The Balaban J connectivity index is 1.84. The highest BCUT2D eigenvalue weighted by atomic mass is 35.5. The second-order valence-electron chi connectivity index (χ2n) is 6.46. The lowest BCUT2D eigenvalue weighted by molar-refractivity contribution is 0.169. The van der Waals surface area contributed by atoms with Gasteiger partial charge in [0.25, 0.3) is 0 Å². The Bertz CT molecular complexity index is 1180. The van der Waals surface area contributed by atoms with Crippen molar-refractivity contribution < 1.29 is 9.47 Å². The number of benzene rings is 3. The molecule has 1 atom stereocenters. The third-order valence-electron chi connectivity index (χ3n) is 4.90. The van der Waals surface area contributed by atoms with Crippen LogP contribution in [0.1, 0.15) is 11.8 Å². The van der Waals surface area contributed by atoms with Gasteiger partial charge < -0.3 is 14.0 Å². The summed E-state index contributed by atoms with van der Waals surface area (Å²) in [6.45, 7) is 0. The predicted octanol–water partition coefficient (Wildman–Crippen LogP) is 6.56. The summed E-state index contributed by atoms with van der Waals surface area (Å²) in [5.41, 5.74) is 4.05. The van der Waals surface area contributed by atoms with Gasteiger partial charge in [-0.1, -0.05) is 35.3 Å². The molecule has 0 aliphatic carbocycles. The van der Waals surface area contributed by atoms with Gasteiger partial charge in [0.15, 0.2) is 0 Å². The maximum absolute atomic E-state index is 6.43. The summed E-state index contributed by atoms with van der Waals surface area (Å²) in [7, 11) is 1.67. The van der Waals surface area contributed by atoms with Crippen LogP contribution in [0.3, 0.4) is 0 Å². The Morgan fingerprint density at radius 3 is 2.56 bits per heavy atom. The molecule has 134 valence electrons. The van der Waals surface area contributed by atoms with Crippen LogP contribution in [0.2, 0.25) is 10.0 Å². The van der Waals surface area contributed by atoms with E-state index in [1.54, 1.807) is 7.11 Å². The Kier molecular flexibility index (Phi) is 3.81. The van der Waals surface area contributed by atoms with E-state index in [0.717, 1.165) is 39.2 Å². The van der Waals surface area contributed by atoms with Crippen LogP contribution >= 0.6 is 23.2 Å². The zero-order valence-electron chi connectivity index (χ0n) is 14.4. The van der Waals surface area contributed by atoms with Crippen LogP contribution in [-0.2, 0) is 0 Å². The summed E-state index contributed by atoms with van der Waals surface area (Å²) in [6, 6.07) is 21.6. The number of hydrogen-bond acceptors (Lipinski definition) is 2. The minimum atomic E-state index is -0.374. The van der Waals surface area contributed by atoms with Crippen LogP contribution in [0, 0.1) is 0 Å². The first kappa shape index (κ1) is 16.5. The summed E-state index contributed by atoms with van der Waals surface area (Å²) >= 11 is 12.5. The number of nitrogens with zero attached hydrogens (tertiary/aromatic N) is 1. The molecule has 0 radical (unpaired) electrons. The first-order chi connectivity index (χ1) is 13.2. The summed E-state index contributed by atoms with van der Waals surface area (Å²) < 4.78 is 14.2. The number of para-hydroxylation sites is 1. The minimum absolute atomic E-state index is 0.374. The van der Waals surface area contributed by atoms with Crippen LogP contribution in [0.15, 0.2) is 66.7 Å². The molecule has 5 heteroatoms. The SMILES string of the molecule is COc1ccccc1[C@@H]1Oc2cc(Cl)ccc2-c2cc3cc(Cl)ccc3n21. The summed E-state index contributed by atoms with van der Waals surface area (Å²) in [4.78, 5) is 0. The number of ether oxygens (including phenoxy) is 2. The highest BCUT2D eigenvalue weighted by molar-refractivity contribution is 6.31. The van der Waals surface area contributed by atoms with Crippen molar-refractivity contribution in [3.05, 3.63) is 82.3 Å². The smallest absolute Gasteiger partial charge is 0.206 e. The molecule has 3 nitrogen and oxygen atoms in total. The molecule has 0 saturated carbocycles. The van der Waals surface area contributed by atoms with Crippen molar-refractivity contribution >= 4 is 34.1 Å². The molecule has 3 aromatic carbocycles. The molecule has 2 heterocycles. The highest BCUT2D eigenvalue weighted by Gasteiger charge is 2.30. The van der Waals surface area contributed by atoms with Gasteiger partial charge in [0.1, 0.15) is 11.5 Å². The van der Waals surface area contributed by atoms with E-state index in [1.165, 1.54) is 0 Å². The van der Waals surface area contributed by atoms with Gasteiger partial charge in [-0.05, 0) is 54.6 Å². The van der Waals surface area contributed by atoms with Crippen molar-refractivity contribution in [3.8, 4) is 22.8 Å². The molecule has 0 amide bonds. The van der Waals surface area contributed by atoms with Crippen LogP contribution in [0.5, 0.6) is 11.5 Å². The molecule has 0 unspecified atom stereocenters. The topological polar surface area (TPSA) is 23.4 Å². The van der Waals surface area contributed by atoms with Crippen molar-refractivity contribution in [2.75, 3.05) is 7.11 Å². The van der Waals surface area contributed by atoms with Gasteiger partial charge in [0, 0.05) is 21.0 Å². The molecule has 4 aromatic rings. The lowest BCUT2D eigenvalue weighted by Gasteiger charge is -2.31. The molecule has 1 aliphatic heterocycles. The molecule has 5 rings (SSSR count). The standard InChI is InChI=1S/C22H15Cl2NO2/c1-26-20-5-3-2-4-17(20)22-25-18-9-7-14(23)10-13(18)11-19(25)16-8-6-15(24)12-21(16)27-22/h2-12,22H,1H3/t22-/m0/s1. The molecule has 1 aromatic heterocycles. The summed E-state index contributed by atoms with van der Waals surface area (Å²) in [5.74, 6) is 1.52. The Labute approximate surface area is 166 Å². The number of fused-ring (bicyclic) bond motifs is 5. The van der Waals surface area contributed by atoms with Gasteiger partial charge in [-0.15, -0.1) is 0 Å². The maximum Gasteiger partial charge on any atom is 0.206 e. The minimum Gasteiger partial charge on any atom is -0.496 e. The van der Waals surface area contributed by atoms with Gasteiger partial charge in [-0.25, -0.2) is 0 Å². The number of hydrogen-bond donors (Lipinski definition) is 0. The Hall–Kier alpha value is -2.62. The molecule has 27 heavy (non-hydrogen) atoms. The zero-order valence-corrected chi connectivity index (χ0v) is 16.0. The average Bonchev–Trinajstić information content (AvgIpc) is 3.05. The Morgan fingerprint density at radius 2 is 1.70 bits per heavy atom. The van der Waals surface area contributed by atoms with Crippen molar-refractivity contribution in [3.63, 3.8) is 0 Å². The third-order valence-corrected chi connectivity index (χ3v) is 5.37. The number of halogens is 2. The van der Waals surface area contributed by atoms with Crippen LogP contribution in [-0.4, -0.2) is 11.7 Å². The Morgan fingerprint density at radius 1 is 0.926 bits per heavy atom. The van der Waals surface area contributed by atoms with Crippen molar-refractivity contribution in [2.45, 2.75) is 6.23 Å². The molecular weight excluding hydrogens is 381 g/mol. The van der Waals surface area contributed by atoms with Crippen molar-refractivity contribution in [1.82, 2.24) is 4.57 Å². The maximum atomic E-state index is 6.43. The quantitative estimate of drug-likeness (QED) is 0.383. The second kappa shape index (κ2) is 6.22. The largest absolute Gasteiger partial charge is 0.496 e. The van der Waals surface area contributed by atoms with E-state index in [0.29, 0.717) is 10.0 Å². The molecule has 0 N–H and O–H groups in total. The van der Waals surface area contributed by atoms with Crippen molar-refractivity contribution in [2.24, 2.45) is 0 Å². The highest BCUT2D eigenvalue weighted by Crippen LogP contribution is 2.46. The summed E-state index contributed by atoms with van der Waals surface area (Å²) in [6.07, 6.45) is -0.374. The summed E-state index contributed by atoms with van der Waals surface area (Å²) in [5, 5.41) is 2.40. The van der Waals surface area contributed by atoms with Crippen molar-refractivity contribution in [1.29, 1.82) is 0 Å². The fraction of sp³-hybridized carbons (Fsp3) is 0.0909. The van der Waals surface area contributed by atoms with E-state index in [1.807, 2.05) is 60.7 Å². The monoisotopic (exact) mass is 395 g/mol. The lowest BCUT2D eigenvalue weighted by atomic mass is 10.1. The van der Waals surface area contributed by atoms with E-state index in [-0.39, 0.29) is 6.23 Å². The number of methoxy groups -OCH3 is 1. The predicted molar refractivity (Wildman–Crippen MR) is 109 cm³/mol. The molecule has 1 aliphatic rings. The van der Waals surface area contributed by atoms with E-state index in [9.17, 15) is 0 Å². The van der Waals surface area contributed by atoms with E-state index >= 15 is 0 Å². The lowest BCUT2D eigenvalue weighted by Crippen LogP contribution is -2.22. The van der Waals surface area contributed by atoms with Crippen LogP contribution in [0.25, 0.3) is 22.2 Å². The fourth-order valence-electron chi connectivity index (χ4n) is 3.72. The zero-order chi connectivity index (χ0) is 18.5. The molecule has 0 saturated heterocycles. The van der Waals surface area contributed by atoms with Gasteiger partial charge in [-0.3, -0.25) is 0 Å². The van der Waals surface area contributed by atoms with Gasteiger partial charge in [0.2, 0.25) is 6.23 Å². The van der Waals surface area contributed by atoms with Gasteiger partial charge >= 0.3 is 0 Å². The van der Waals surface area contributed by atoms with E-state index in [2.05, 4.69) is 10.6 Å². The second-order valence-corrected chi connectivity index (χ2v) is 7.33. The molecule has 0 fully saturated rings. The van der Waals surface area contributed by atoms with Crippen LogP contribution < -0.4 is 9.47 Å². The fourth-order valence-corrected chi connectivity index (χ4v) is 4.06. The third kappa shape index (κ3) is 2.58. The van der Waals surface area contributed by atoms with Gasteiger partial charge in [-0.2, -0.15) is 0 Å². The van der Waals surface area contributed by atoms with Crippen LogP contribution in [0.4, 0.5) is 0 Å². The molecule has 0 bridgehead atoms. The molecule has 0 spiro atoms.